The molecule has 3 aliphatic rings. The summed E-state index contributed by atoms with van der Waals surface area (Å²) in [6.45, 7) is 0. The maximum absolute atomic E-state index is 14.0. The van der Waals surface area contributed by atoms with E-state index in [0.717, 1.165) is 20.5 Å². The molecule has 1 aliphatic carbocycles. The first kappa shape index (κ1) is 23.9. The molecule has 2 atom stereocenters. The highest BCUT2D eigenvalue weighted by Gasteiger charge is 2.46. The van der Waals surface area contributed by atoms with Crippen molar-refractivity contribution in [1.82, 2.24) is 4.90 Å². The second-order valence-corrected chi connectivity index (χ2v) is 9.59. The molecule has 8 nitrogen and oxygen atoms in total. The van der Waals surface area contributed by atoms with Crippen LogP contribution in [0.15, 0.2) is 96.4 Å². The number of amides is 2. The van der Waals surface area contributed by atoms with Crippen LogP contribution in [0.1, 0.15) is 34.8 Å². The summed E-state index contributed by atoms with van der Waals surface area (Å²) in [5, 5.41) is 13.1. The number of hydrogen-bond acceptors (Lipinski definition) is 5. The first-order chi connectivity index (χ1) is 17.4. The molecule has 0 aromatic heterocycles. The third-order valence-electron chi connectivity index (χ3n) is 6.05. The van der Waals surface area contributed by atoms with Crippen molar-refractivity contribution in [2.24, 2.45) is 0 Å². The van der Waals surface area contributed by atoms with Crippen LogP contribution in [0.5, 0.6) is 0 Å². The van der Waals surface area contributed by atoms with Crippen LogP contribution in [-0.2, 0) is 19.1 Å². The quantitative estimate of drug-likeness (QED) is 0.477. The minimum Gasteiger partial charge on any atom is -0.479 e. The van der Waals surface area contributed by atoms with E-state index >= 15 is 0 Å². The maximum atomic E-state index is 14.0. The Kier molecular flexibility index (Phi) is 6.64. The van der Waals surface area contributed by atoms with E-state index in [0.29, 0.717) is 23.4 Å². The number of hydrogen-bond donors (Lipinski definition) is 2. The monoisotopic (exact) mass is 596 g/mol. The van der Waals surface area contributed by atoms with Gasteiger partial charge in [-0.3, -0.25) is 9.59 Å². The number of nitrogens with one attached hydrogen (secondary N) is 1. The summed E-state index contributed by atoms with van der Waals surface area (Å²) in [5.41, 5.74) is 1.70. The van der Waals surface area contributed by atoms with Crippen molar-refractivity contribution in [3.05, 3.63) is 111 Å². The molecule has 0 saturated heterocycles. The number of anilines is 1. The third-order valence-corrected chi connectivity index (χ3v) is 6.72. The molecule has 2 N–H and O–H groups in total. The average molecular weight is 596 g/mol. The van der Waals surface area contributed by atoms with E-state index in [1.165, 1.54) is 12.5 Å². The van der Waals surface area contributed by atoms with Crippen molar-refractivity contribution in [2.75, 3.05) is 5.32 Å². The largest absolute Gasteiger partial charge is 0.479 e. The Morgan fingerprint density at radius 3 is 2.67 bits per heavy atom. The van der Waals surface area contributed by atoms with Gasteiger partial charge in [-0.2, -0.15) is 0 Å². The summed E-state index contributed by atoms with van der Waals surface area (Å²) in [6, 6.07) is 10.5. The maximum Gasteiger partial charge on any atom is 0.331 e. The molecule has 5 rings (SSSR count). The zero-order chi connectivity index (χ0) is 25.2. The number of halogens is 1. The Morgan fingerprint density at radius 2 is 1.94 bits per heavy atom. The van der Waals surface area contributed by atoms with Gasteiger partial charge in [0, 0.05) is 3.57 Å². The fraction of sp³-hybridized carbons (Fsp3) is 0.148. The highest BCUT2D eigenvalue weighted by Crippen LogP contribution is 2.37. The lowest BCUT2D eigenvalue weighted by Gasteiger charge is -2.35. The molecule has 2 heterocycles. The fourth-order valence-electron chi connectivity index (χ4n) is 4.38. The van der Waals surface area contributed by atoms with Crippen LogP contribution < -0.4 is 5.32 Å². The summed E-state index contributed by atoms with van der Waals surface area (Å²) in [4.78, 5) is 41.3. The molecular formula is C27H21IN2O6. The number of ether oxygens (including phenoxy) is 2. The van der Waals surface area contributed by atoms with E-state index in [4.69, 9.17) is 9.47 Å². The number of fused-ring (bicyclic) bond motifs is 1. The zero-order valence-corrected chi connectivity index (χ0v) is 21.0. The number of benzene rings is 2. The van der Waals surface area contributed by atoms with E-state index in [2.05, 4.69) is 27.9 Å². The smallest absolute Gasteiger partial charge is 0.331 e. The fourth-order valence-corrected chi connectivity index (χ4v) is 4.87. The van der Waals surface area contributed by atoms with Crippen molar-refractivity contribution in [1.29, 1.82) is 0 Å². The van der Waals surface area contributed by atoms with E-state index < -0.39 is 29.9 Å². The summed E-state index contributed by atoms with van der Waals surface area (Å²) < 4.78 is 12.4. The standard InChI is InChI=1S/C27H21IN2O6/c28-18-11-12-20-19(13-18)26(32)30(23(27(33)34)17-9-5-2-6-10-17)24(25(31)29-20)22-15-35-14-21(36-22)16-7-3-1-4-8-16/h1-3,5-7,9-15,23-24H,4,8H2,(H,29,31)(H,33,34). The van der Waals surface area contributed by atoms with Gasteiger partial charge in [0.05, 0.1) is 11.3 Å². The van der Waals surface area contributed by atoms with Crippen molar-refractivity contribution >= 4 is 46.1 Å². The van der Waals surface area contributed by atoms with Crippen LogP contribution in [0, 0.1) is 3.57 Å². The SMILES string of the molecule is O=C1Nc2ccc(I)cc2C(=O)N(C(C(=O)O)c2ccccc2)C1C1=COC=C(C2=CC=CCC2)O1. The van der Waals surface area contributed by atoms with Crippen LogP contribution in [0.3, 0.4) is 0 Å². The van der Waals surface area contributed by atoms with Gasteiger partial charge in [0.15, 0.2) is 23.6 Å². The number of aliphatic carboxylic acids is 1. The van der Waals surface area contributed by atoms with Gasteiger partial charge in [0.25, 0.3) is 11.8 Å². The van der Waals surface area contributed by atoms with E-state index in [1.54, 1.807) is 48.5 Å². The predicted molar refractivity (Wildman–Crippen MR) is 139 cm³/mol. The number of carbonyl (C=O) groups excluding carboxylic acids is 2. The van der Waals surface area contributed by atoms with Gasteiger partial charge in [0.1, 0.15) is 12.5 Å². The number of carbonyl (C=O) groups is 3. The van der Waals surface area contributed by atoms with Crippen LogP contribution >= 0.6 is 22.6 Å². The van der Waals surface area contributed by atoms with Crippen LogP contribution in [0.4, 0.5) is 5.69 Å². The Morgan fingerprint density at radius 1 is 1.14 bits per heavy atom. The van der Waals surface area contributed by atoms with Gasteiger partial charge >= 0.3 is 5.97 Å². The van der Waals surface area contributed by atoms with E-state index in [1.807, 2.05) is 18.2 Å². The predicted octanol–water partition coefficient (Wildman–Crippen LogP) is 4.89. The number of nitrogens with zero attached hydrogens (tertiary/aromatic N) is 1. The number of carboxylic acid groups (broad SMARTS) is 1. The third kappa shape index (κ3) is 4.53. The highest BCUT2D eigenvalue weighted by atomic mass is 127. The van der Waals surface area contributed by atoms with E-state index in [-0.39, 0.29) is 11.3 Å². The minimum atomic E-state index is -1.46. The van der Waals surface area contributed by atoms with Crippen molar-refractivity contribution in [3.8, 4) is 0 Å². The second kappa shape index (κ2) is 10.0. The summed E-state index contributed by atoms with van der Waals surface area (Å²) >= 11 is 2.06. The molecule has 0 fully saturated rings. The normalized spacial score (nSPS) is 20.0. The Labute approximate surface area is 220 Å². The average Bonchev–Trinajstić information content (AvgIpc) is 2.99. The molecule has 0 bridgehead atoms. The van der Waals surface area contributed by atoms with Gasteiger partial charge in [-0.05, 0) is 64.8 Å². The van der Waals surface area contributed by atoms with Gasteiger partial charge in [0.2, 0.25) is 0 Å². The minimum absolute atomic E-state index is 0.0125. The molecule has 2 unspecified atom stereocenters. The molecule has 182 valence electrons. The van der Waals surface area contributed by atoms with Crippen molar-refractivity contribution in [3.63, 3.8) is 0 Å². The molecule has 9 heteroatoms. The number of carboxylic acids is 1. The molecule has 0 radical (unpaired) electrons. The lowest BCUT2D eigenvalue weighted by Crippen LogP contribution is -2.51. The molecule has 2 aliphatic heterocycles. The van der Waals surface area contributed by atoms with Crippen molar-refractivity contribution in [2.45, 2.75) is 24.9 Å². The van der Waals surface area contributed by atoms with Gasteiger partial charge in [-0.15, -0.1) is 0 Å². The molecule has 2 aromatic rings. The molecule has 2 amide bonds. The molecular weight excluding hydrogens is 575 g/mol. The lowest BCUT2D eigenvalue weighted by molar-refractivity contribution is -0.144. The summed E-state index contributed by atoms with van der Waals surface area (Å²) in [6.07, 6.45) is 10.0. The Hall–Kier alpha value is -3.86. The van der Waals surface area contributed by atoms with Crippen LogP contribution in [0.2, 0.25) is 0 Å². The number of allylic oxidation sites excluding steroid dienone is 4. The summed E-state index contributed by atoms with van der Waals surface area (Å²) in [7, 11) is 0. The topological polar surface area (TPSA) is 105 Å². The zero-order valence-electron chi connectivity index (χ0n) is 18.9. The Bertz CT molecular complexity index is 1360. The highest BCUT2D eigenvalue weighted by molar-refractivity contribution is 14.1. The van der Waals surface area contributed by atoms with E-state index in [9.17, 15) is 19.5 Å². The lowest BCUT2D eigenvalue weighted by atomic mass is 10.0. The van der Waals surface area contributed by atoms with Crippen molar-refractivity contribution < 1.29 is 29.0 Å². The van der Waals surface area contributed by atoms with Gasteiger partial charge < -0.3 is 24.8 Å². The number of rotatable bonds is 5. The van der Waals surface area contributed by atoms with Gasteiger partial charge in [-0.1, -0.05) is 48.6 Å². The van der Waals surface area contributed by atoms with Crippen LogP contribution in [-0.4, -0.2) is 33.8 Å². The first-order valence-electron chi connectivity index (χ1n) is 11.2. The molecule has 0 saturated carbocycles. The first-order valence-corrected chi connectivity index (χ1v) is 12.3. The summed E-state index contributed by atoms with van der Waals surface area (Å²) in [5.74, 6) is -2.10. The van der Waals surface area contributed by atoms with Crippen LogP contribution in [0.25, 0.3) is 0 Å². The second-order valence-electron chi connectivity index (χ2n) is 8.34. The molecule has 0 spiro atoms. The molecule has 36 heavy (non-hydrogen) atoms. The molecule has 2 aromatic carbocycles. The van der Waals surface area contributed by atoms with Gasteiger partial charge in [-0.25, -0.2) is 4.79 Å². The Balaban J connectivity index is 1.63.